The van der Waals surface area contributed by atoms with Gasteiger partial charge in [-0.25, -0.2) is 9.97 Å². The van der Waals surface area contributed by atoms with E-state index in [1.165, 1.54) is 4.68 Å². The van der Waals surface area contributed by atoms with Gasteiger partial charge in [0.05, 0.1) is 11.1 Å². The lowest BCUT2D eigenvalue weighted by Crippen LogP contribution is -2.29. The smallest absolute Gasteiger partial charge is 0.279 e. The van der Waals surface area contributed by atoms with Gasteiger partial charge in [0.2, 0.25) is 0 Å². The third-order valence-corrected chi connectivity index (χ3v) is 5.36. The number of aromatic nitrogens is 5. The van der Waals surface area contributed by atoms with E-state index in [2.05, 4.69) is 20.4 Å². The molecule has 3 aromatic heterocycles. The number of aryl methyl sites for hydroxylation is 1. The Bertz CT molecular complexity index is 1520. The molecule has 1 amide bonds. The second-order valence-electron chi connectivity index (χ2n) is 7.50. The first-order chi connectivity index (χ1) is 16.1. The summed E-state index contributed by atoms with van der Waals surface area (Å²) in [5, 5.41) is 8.29. The van der Waals surface area contributed by atoms with Gasteiger partial charge >= 0.3 is 0 Å². The number of para-hydroxylation sites is 1. The van der Waals surface area contributed by atoms with Crippen LogP contribution >= 0.6 is 0 Å². The molecule has 0 bridgehead atoms. The molecule has 0 fully saturated rings. The quantitative estimate of drug-likeness (QED) is 0.457. The molecular formula is C25H20N6O2. The summed E-state index contributed by atoms with van der Waals surface area (Å²) in [5.74, 6) is 1.17. The van der Waals surface area contributed by atoms with E-state index in [9.17, 15) is 9.59 Å². The lowest BCUT2D eigenvalue weighted by atomic mass is 10.1. The molecule has 162 valence electrons. The zero-order valence-electron chi connectivity index (χ0n) is 17.8. The van der Waals surface area contributed by atoms with E-state index in [1.54, 1.807) is 48.8 Å². The number of rotatable bonds is 5. The molecule has 0 unspecified atom stereocenters. The van der Waals surface area contributed by atoms with Crippen molar-refractivity contribution >= 4 is 16.7 Å². The number of carbonyl (C=O) groups is 1. The Labute approximate surface area is 189 Å². The van der Waals surface area contributed by atoms with Crippen molar-refractivity contribution in [1.29, 1.82) is 0 Å². The van der Waals surface area contributed by atoms with E-state index < -0.39 is 0 Å². The van der Waals surface area contributed by atoms with Gasteiger partial charge in [0.25, 0.3) is 11.5 Å². The molecule has 0 aliphatic carbocycles. The summed E-state index contributed by atoms with van der Waals surface area (Å²) in [7, 11) is 0. The normalized spacial score (nSPS) is 10.9. The first-order valence-electron chi connectivity index (χ1n) is 10.4. The Morgan fingerprint density at radius 3 is 2.45 bits per heavy atom. The number of carbonyl (C=O) groups excluding carboxylic acids is 1. The molecule has 5 rings (SSSR count). The summed E-state index contributed by atoms with van der Waals surface area (Å²) in [6.07, 6.45) is 5.24. The van der Waals surface area contributed by atoms with E-state index >= 15 is 0 Å². The van der Waals surface area contributed by atoms with Gasteiger partial charge in [-0.3, -0.25) is 14.2 Å². The number of pyridine rings is 1. The zero-order valence-corrected chi connectivity index (χ0v) is 17.8. The maximum absolute atomic E-state index is 13.2. The monoisotopic (exact) mass is 436 g/mol. The minimum Gasteiger partial charge on any atom is -0.347 e. The Kier molecular flexibility index (Phi) is 5.24. The molecule has 0 atom stereocenters. The van der Waals surface area contributed by atoms with Crippen LogP contribution < -0.4 is 10.9 Å². The molecule has 3 heterocycles. The van der Waals surface area contributed by atoms with Crippen LogP contribution in [0, 0.1) is 6.92 Å². The Balaban J connectivity index is 1.48. The van der Waals surface area contributed by atoms with E-state index in [0.717, 1.165) is 17.2 Å². The lowest BCUT2D eigenvalue weighted by Gasteiger charge is -2.12. The highest BCUT2D eigenvalue weighted by Gasteiger charge is 2.17. The van der Waals surface area contributed by atoms with Crippen LogP contribution in [0.4, 0.5) is 0 Å². The van der Waals surface area contributed by atoms with Gasteiger partial charge in [-0.05, 0) is 42.8 Å². The average Bonchev–Trinajstić information content (AvgIpc) is 3.29. The third kappa shape index (κ3) is 3.89. The van der Waals surface area contributed by atoms with Crippen molar-refractivity contribution < 1.29 is 4.79 Å². The standard InChI is InChI=1S/C25H20N6O2/c1-17-26-13-14-30(17)22-15-18(11-12-27-22)16-28-24(32)23-20-9-5-6-10-21(20)25(33)31(29-23)19-7-3-2-4-8-19/h2-15H,16H2,1H3,(H,28,32). The Hall–Kier alpha value is -4.59. The Morgan fingerprint density at radius 2 is 1.70 bits per heavy atom. The number of benzene rings is 2. The molecule has 5 aromatic rings. The number of hydrogen-bond donors (Lipinski definition) is 1. The van der Waals surface area contributed by atoms with Crippen molar-refractivity contribution in [2.45, 2.75) is 13.5 Å². The average molecular weight is 436 g/mol. The maximum Gasteiger partial charge on any atom is 0.279 e. The fourth-order valence-corrected chi connectivity index (χ4v) is 3.69. The largest absolute Gasteiger partial charge is 0.347 e. The van der Waals surface area contributed by atoms with Crippen LogP contribution in [-0.4, -0.2) is 30.2 Å². The van der Waals surface area contributed by atoms with Gasteiger partial charge < -0.3 is 5.32 Å². The molecule has 0 saturated heterocycles. The topological polar surface area (TPSA) is 94.7 Å². The number of nitrogens with one attached hydrogen (secondary N) is 1. The molecule has 8 nitrogen and oxygen atoms in total. The SMILES string of the molecule is Cc1nccn1-c1cc(CNC(=O)c2nn(-c3ccccc3)c(=O)c3ccccc23)ccn1. The Morgan fingerprint density at radius 1 is 0.939 bits per heavy atom. The van der Waals surface area contributed by atoms with Gasteiger partial charge in [0.1, 0.15) is 11.6 Å². The van der Waals surface area contributed by atoms with Crippen molar-refractivity contribution in [3.8, 4) is 11.5 Å². The molecule has 2 aromatic carbocycles. The second kappa shape index (κ2) is 8.51. The molecule has 0 aliphatic rings. The lowest BCUT2D eigenvalue weighted by molar-refractivity contribution is 0.0946. The van der Waals surface area contributed by atoms with Crippen LogP contribution in [0.1, 0.15) is 21.9 Å². The van der Waals surface area contributed by atoms with Crippen LogP contribution in [0.25, 0.3) is 22.3 Å². The van der Waals surface area contributed by atoms with E-state index in [0.29, 0.717) is 16.5 Å². The fraction of sp³-hybridized carbons (Fsp3) is 0.0800. The van der Waals surface area contributed by atoms with Crippen LogP contribution in [0.3, 0.4) is 0 Å². The zero-order chi connectivity index (χ0) is 22.8. The third-order valence-electron chi connectivity index (χ3n) is 5.36. The molecular weight excluding hydrogens is 416 g/mol. The van der Waals surface area contributed by atoms with Crippen molar-refractivity contribution in [2.75, 3.05) is 0 Å². The van der Waals surface area contributed by atoms with Crippen molar-refractivity contribution in [1.82, 2.24) is 29.6 Å². The number of nitrogens with zero attached hydrogens (tertiary/aromatic N) is 5. The molecule has 33 heavy (non-hydrogen) atoms. The molecule has 0 spiro atoms. The molecule has 0 radical (unpaired) electrons. The van der Waals surface area contributed by atoms with E-state index in [4.69, 9.17) is 0 Å². The summed E-state index contributed by atoms with van der Waals surface area (Å²) in [4.78, 5) is 34.8. The summed E-state index contributed by atoms with van der Waals surface area (Å²) in [6.45, 7) is 2.18. The second-order valence-corrected chi connectivity index (χ2v) is 7.50. The van der Waals surface area contributed by atoms with Crippen molar-refractivity contribution in [3.05, 3.63) is 113 Å². The number of fused-ring (bicyclic) bond motifs is 1. The van der Waals surface area contributed by atoms with Crippen molar-refractivity contribution in [3.63, 3.8) is 0 Å². The minimum atomic E-state index is -0.368. The fourth-order valence-electron chi connectivity index (χ4n) is 3.69. The summed E-state index contributed by atoms with van der Waals surface area (Å²) in [6, 6.07) is 19.8. The highest BCUT2D eigenvalue weighted by Crippen LogP contribution is 2.16. The maximum atomic E-state index is 13.2. The van der Waals surface area contributed by atoms with Crippen LogP contribution in [0.15, 0.2) is 90.1 Å². The molecule has 1 N–H and O–H groups in total. The van der Waals surface area contributed by atoms with Gasteiger partial charge in [-0.15, -0.1) is 0 Å². The van der Waals surface area contributed by atoms with Crippen LogP contribution in [0.5, 0.6) is 0 Å². The van der Waals surface area contributed by atoms with Gasteiger partial charge in [-0.1, -0.05) is 36.4 Å². The number of amides is 1. The van der Waals surface area contributed by atoms with E-state index in [-0.39, 0.29) is 23.7 Å². The molecule has 8 heteroatoms. The first-order valence-corrected chi connectivity index (χ1v) is 10.4. The van der Waals surface area contributed by atoms with Gasteiger partial charge in [-0.2, -0.15) is 9.78 Å². The van der Waals surface area contributed by atoms with E-state index in [1.807, 2.05) is 48.0 Å². The minimum absolute atomic E-state index is 0.189. The highest BCUT2D eigenvalue weighted by molar-refractivity contribution is 6.04. The van der Waals surface area contributed by atoms with Gasteiger partial charge in [0.15, 0.2) is 5.69 Å². The molecule has 0 saturated carbocycles. The highest BCUT2D eigenvalue weighted by atomic mass is 16.2. The van der Waals surface area contributed by atoms with Crippen LogP contribution in [-0.2, 0) is 6.54 Å². The van der Waals surface area contributed by atoms with Gasteiger partial charge in [0, 0.05) is 30.5 Å². The number of imidazole rings is 1. The predicted molar refractivity (Wildman–Crippen MR) is 125 cm³/mol. The summed E-state index contributed by atoms with van der Waals surface area (Å²) in [5.41, 5.74) is 1.38. The predicted octanol–water partition coefficient (Wildman–Crippen LogP) is 3.20. The summed E-state index contributed by atoms with van der Waals surface area (Å²) >= 11 is 0. The first kappa shape index (κ1) is 20.3. The summed E-state index contributed by atoms with van der Waals surface area (Å²) < 4.78 is 3.14. The van der Waals surface area contributed by atoms with Crippen LogP contribution in [0.2, 0.25) is 0 Å². The number of hydrogen-bond acceptors (Lipinski definition) is 5. The molecule has 0 aliphatic heterocycles. The van der Waals surface area contributed by atoms with Crippen molar-refractivity contribution in [2.24, 2.45) is 0 Å².